The van der Waals surface area contributed by atoms with Crippen LogP contribution in [0.5, 0.6) is 0 Å². The van der Waals surface area contributed by atoms with Crippen molar-refractivity contribution in [2.45, 2.75) is 119 Å². The summed E-state index contributed by atoms with van der Waals surface area (Å²) in [7, 11) is -12.3. The van der Waals surface area contributed by atoms with Gasteiger partial charge in [0.25, 0.3) is 0 Å². The van der Waals surface area contributed by atoms with Gasteiger partial charge in [-0.25, -0.2) is 54.1 Å². The third kappa shape index (κ3) is 20.0. The van der Waals surface area contributed by atoms with E-state index in [1.165, 1.54) is 77.4 Å². The number of aryl methyl sites for hydroxylation is 1. The van der Waals surface area contributed by atoms with E-state index < -0.39 is 90.5 Å². The molecule has 112 heavy (non-hydrogen) atoms. The number of hydrogen-bond acceptors (Lipinski definition) is 30. The molecule has 9 heterocycles. The molecule has 31 nitrogen and oxygen atoms in total. The Hall–Kier alpha value is -8.49. The van der Waals surface area contributed by atoms with Crippen LogP contribution in [0, 0.1) is 36.3 Å². The van der Waals surface area contributed by atoms with Crippen LogP contribution in [0.25, 0.3) is 0 Å². The predicted octanol–water partition coefficient (Wildman–Crippen LogP) is 6.95. The number of halogens is 3. The highest BCUT2D eigenvalue weighted by Crippen LogP contribution is 2.41. The Morgan fingerprint density at radius 2 is 1.02 bits per heavy atom. The van der Waals surface area contributed by atoms with E-state index in [0.29, 0.717) is 106 Å². The maximum absolute atomic E-state index is 13.9. The summed E-state index contributed by atoms with van der Waals surface area (Å²) in [6.07, 6.45) is 9.20. The minimum absolute atomic E-state index is 0.0543. The molecule has 3 unspecified atom stereocenters. The highest BCUT2D eigenvalue weighted by Gasteiger charge is 2.39. The standard InChI is InChI=1S/C25H28N4O7S.C24H26ClN5O5S2.C24H24F2N4O6S2/c1-14-19(24-18-5-3-2-4-15(18)6-7-34-24)10-22(36-14)23(31)20-11-27-13-28-25(20)29-17-8-16(21(30)9-17)12-35-37(26,32)33;25-16-2-1-13-3-4-28-22(18(13)7-16)15-6-21(36-11-15)23(32)19-9-27-12-29-24(19)30-17-5-14(20(31)8-17)10-35-37(26,33)34;25-18-4-12-1-2-35-23(16(12)7-19(18)26)14-5-21(37-10-14)22(32)17-8-28-11-29-24(17)30-15-3-13(20(31)6-15)9-36-38(27,33)34/h2-5,10-11,13,16-17,21,24,30H,6-9,12H2,1H3,(H2,26,32,33)(H,27,28,29);1-2,6-7,9,11-12,14,17,20,22,28,31H,3-5,8,10H2,(H2,26,33,34)(H,27,29,30);4-5,7-8,10-11,13,15,20,23,31H,1-3,6,9H2,(H2,27,33,34)(H,28,29,30)/t16-,17-,21+,24?;14-,17-,20+,22?;13-,15-,20+,23?/m111/s1. The number of anilines is 3. The number of ether oxygens (including phenoxy) is 2. The number of rotatable bonds is 24. The number of hydrogen-bond donors (Lipinski definition) is 10. The molecule has 3 fully saturated rings. The fourth-order valence-corrected chi connectivity index (χ4v) is 17.9. The lowest BCUT2D eigenvalue weighted by atomic mass is 9.91. The SMILES string of the molecule is Cc1oc(C(=O)c2cncnc2N[C@@H]2C[C@H](COS(N)(=O)=O)[C@@H](O)C2)cc1C1OCCc2ccccc21.NS(=O)(=O)OC[C@H]1C[C@@H](Nc2ncncc2C(=O)c2cc(C3NCCc4ccc(Cl)cc43)cs2)C[C@@H]1O.NS(=O)(=O)OC[C@H]1C[C@@H](Nc2ncncc2C(=O)c2cc(C3OCCc4cc(F)c(F)cc43)cs2)C[C@@H]1O. The van der Waals surface area contributed by atoms with Crippen LogP contribution in [0.15, 0.2) is 126 Å². The molecule has 3 aliphatic carbocycles. The van der Waals surface area contributed by atoms with Crippen molar-refractivity contribution in [3.05, 3.63) is 226 Å². The lowest BCUT2D eigenvalue weighted by molar-refractivity contribution is 0.0688. The quantitative estimate of drug-likeness (QED) is 0.0273. The van der Waals surface area contributed by atoms with Crippen LogP contribution in [0.3, 0.4) is 0 Å². The second-order valence-electron chi connectivity index (χ2n) is 27.9. The molecule has 13 N–H and O–H groups in total. The van der Waals surface area contributed by atoms with E-state index >= 15 is 0 Å². The van der Waals surface area contributed by atoms with E-state index in [1.807, 2.05) is 41.8 Å². The van der Waals surface area contributed by atoms with Gasteiger partial charge >= 0.3 is 30.9 Å². The Morgan fingerprint density at radius 1 is 0.554 bits per heavy atom. The predicted molar refractivity (Wildman–Crippen MR) is 405 cm³/mol. The second-order valence-corrected chi connectivity index (χ2v) is 33.8. The van der Waals surface area contributed by atoms with Gasteiger partial charge < -0.3 is 50.5 Å². The number of nitrogens with zero attached hydrogens (tertiary/aromatic N) is 6. The topological polar surface area (TPSA) is 477 Å². The lowest BCUT2D eigenvalue weighted by Crippen LogP contribution is -2.30. The maximum Gasteiger partial charge on any atom is 0.333 e. The summed E-state index contributed by atoms with van der Waals surface area (Å²) in [6.45, 7) is 2.84. The Labute approximate surface area is 655 Å². The number of nitrogens with one attached hydrogen (secondary N) is 4. The molecule has 3 aromatic carbocycles. The van der Waals surface area contributed by atoms with Gasteiger partial charge in [-0.3, -0.25) is 26.9 Å². The highest BCUT2D eigenvalue weighted by atomic mass is 35.5. The third-order valence-electron chi connectivity index (χ3n) is 20.3. The van der Waals surface area contributed by atoms with E-state index in [9.17, 15) is 63.7 Å². The normalized spacial score (nSPS) is 23.4. The van der Waals surface area contributed by atoms with E-state index in [1.54, 1.807) is 24.4 Å². The monoisotopic (exact) mass is 1660 g/mol. The third-order valence-corrected chi connectivity index (χ3v) is 23.8. The molecule has 3 aliphatic heterocycles. The van der Waals surface area contributed by atoms with Gasteiger partial charge in [0.1, 0.15) is 54.4 Å². The Kier molecular flexibility index (Phi) is 25.5. The molecular weight excluding hydrogens is 1580 g/mol. The molecule has 3 saturated carbocycles. The number of carbonyl (C=O) groups excluding carboxylic acids is 3. The molecule has 0 bridgehead atoms. The average Bonchev–Trinajstić information content (AvgIpc) is 1.54. The van der Waals surface area contributed by atoms with Gasteiger partial charge in [0.05, 0.1) is 83.8 Å². The second kappa shape index (κ2) is 35.1. The number of thiophene rings is 2. The van der Waals surface area contributed by atoms with Crippen LogP contribution in [0.4, 0.5) is 26.2 Å². The van der Waals surface area contributed by atoms with Crippen LogP contribution in [0.1, 0.15) is 159 Å². The van der Waals surface area contributed by atoms with Gasteiger partial charge in [-0.1, -0.05) is 41.9 Å². The van der Waals surface area contributed by atoms with Crippen LogP contribution in [-0.4, -0.2) is 164 Å². The summed E-state index contributed by atoms with van der Waals surface area (Å²) < 4.78 is 126. The molecule has 6 aliphatic rings. The van der Waals surface area contributed by atoms with Crippen molar-refractivity contribution >= 4 is 100.0 Å². The van der Waals surface area contributed by atoms with Gasteiger partial charge in [-0.2, -0.15) is 25.3 Å². The summed E-state index contributed by atoms with van der Waals surface area (Å²) in [4.78, 5) is 66.0. The van der Waals surface area contributed by atoms with Crippen molar-refractivity contribution in [1.29, 1.82) is 0 Å². The van der Waals surface area contributed by atoms with Crippen molar-refractivity contribution in [1.82, 2.24) is 35.2 Å². The fraction of sp³-hybridized carbons (Fsp3) is 0.384. The van der Waals surface area contributed by atoms with Gasteiger partial charge in [0.15, 0.2) is 17.4 Å². The number of fused-ring (bicyclic) bond motifs is 3. The Balaban J connectivity index is 0.000000147. The van der Waals surface area contributed by atoms with E-state index in [0.717, 1.165) is 47.7 Å². The molecule has 0 amide bonds. The number of benzene rings is 3. The maximum atomic E-state index is 13.9. The molecule has 39 heteroatoms. The van der Waals surface area contributed by atoms with E-state index in [2.05, 4.69) is 75.9 Å². The van der Waals surface area contributed by atoms with Crippen LogP contribution in [0.2, 0.25) is 5.02 Å². The van der Waals surface area contributed by atoms with Gasteiger partial charge in [-0.15, -0.1) is 22.7 Å². The van der Waals surface area contributed by atoms with Crippen molar-refractivity contribution in [3.63, 3.8) is 0 Å². The molecule has 594 valence electrons. The number of nitrogens with two attached hydrogens (primary N) is 3. The Bertz CT molecular complexity index is 5320. The minimum Gasteiger partial charge on any atom is -0.457 e. The molecule has 9 aromatic rings. The first kappa shape index (κ1) is 81.5. The first-order valence-corrected chi connectivity index (χ1v) is 42.0. The smallest absolute Gasteiger partial charge is 0.333 e. The molecule has 0 radical (unpaired) electrons. The summed E-state index contributed by atoms with van der Waals surface area (Å²) in [5.74, 6) is -2.51. The highest BCUT2D eigenvalue weighted by molar-refractivity contribution is 7.84. The minimum atomic E-state index is -4.13. The fourth-order valence-electron chi connectivity index (χ4n) is 14.8. The molecule has 6 aromatic heterocycles. The summed E-state index contributed by atoms with van der Waals surface area (Å²) in [6, 6.07) is 20.7. The Morgan fingerprint density at radius 3 is 1.54 bits per heavy atom. The number of carbonyl (C=O) groups is 3. The first-order chi connectivity index (χ1) is 53.5. The zero-order valence-electron chi connectivity index (χ0n) is 59.6. The van der Waals surface area contributed by atoms with Crippen LogP contribution in [-0.2, 0) is 72.2 Å². The lowest BCUT2D eigenvalue weighted by Gasteiger charge is -2.26. The molecule has 12 atom stereocenters. The zero-order valence-corrected chi connectivity index (χ0v) is 64.5. The van der Waals surface area contributed by atoms with Crippen molar-refractivity contribution < 1.29 is 90.2 Å². The van der Waals surface area contributed by atoms with Crippen LogP contribution < -0.4 is 36.7 Å². The number of aliphatic hydroxyl groups is 3. The molecule has 0 saturated heterocycles. The van der Waals surface area contributed by atoms with E-state index in [-0.39, 0.29) is 90.8 Å². The van der Waals surface area contributed by atoms with Crippen molar-refractivity contribution in [2.24, 2.45) is 33.2 Å². The molecular formula is C73H78ClF2N13O18S5. The number of aromatic nitrogens is 6. The summed E-state index contributed by atoms with van der Waals surface area (Å²) in [5.41, 5.74) is 8.96. The van der Waals surface area contributed by atoms with Gasteiger partial charge in [0, 0.05) is 71.6 Å². The first-order valence-electron chi connectivity index (χ1n) is 35.4. The van der Waals surface area contributed by atoms with Crippen LogP contribution >= 0.6 is 34.3 Å². The number of furan rings is 1. The van der Waals surface area contributed by atoms with Gasteiger partial charge in [-0.05, 0) is 162 Å². The van der Waals surface area contributed by atoms with Crippen molar-refractivity contribution in [3.8, 4) is 0 Å². The van der Waals surface area contributed by atoms with Crippen molar-refractivity contribution in [2.75, 3.05) is 55.5 Å². The molecule has 0 spiro atoms. The van der Waals surface area contributed by atoms with Gasteiger partial charge in [0.2, 0.25) is 17.3 Å². The largest absolute Gasteiger partial charge is 0.457 e. The molecule has 15 rings (SSSR count). The zero-order chi connectivity index (χ0) is 79.3. The average molecular weight is 1660 g/mol. The number of aliphatic hydroxyl groups excluding tert-OH is 3. The summed E-state index contributed by atoms with van der Waals surface area (Å²) >= 11 is 8.79. The summed E-state index contributed by atoms with van der Waals surface area (Å²) in [5, 5.41) is 63.1. The van der Waals surface area contributed by atoms with E-state index in [4.69, 9.17) is 40.9 Å². The number of ketones is 3.